The number of rotatable bonds is 5. The number of nitrogens with zero attached hydrogens (tertiary/aromatic N) is 5. The van der Waals surface area contributed by atoms with Gasteiger partial charge in [-0.15, -0.1) is 0 Å². The lowest BCUT2D eigenvalue weighted by atomic mass is 10.1. The van der Waals surface area contributed by atoms with E-state index in [0.717, 1.165) is 17.0 Å². The minimum atomic E-state index is 0.365. The van der Waals surface area contributed by atoms with Crippen LogP contribution in [0.3, 0.4) is 0 Å². The van der Waals surface area contributed by atoms with Crippen molar-refractivity contribution >= 4 is 0 Å². The molecule has 0 spiro atoms. The van der Waals surface area contributed by atoms with Gasteiger partial charge in [-0.2, -0.15) is 5.26 Å². The van der Waals surface area contributed by atoms with E-state index < -0.39 is 0 Å². The van der Waals surface area contributed by atoms with E-state index >= 15 is 0 Å². The van der Waals surface area contributed by atoms with E-state index in [1.807, 2.05) is 37.3 Å². The van der Waals surface area contributed by atoms with Crippen molar-refractivity contribution < 1.29 is 4.74 Å². The summed E-state index contributed by atoms with van der Waals surface area (Å²) in [6.45, 7) is 2.25. The van der Waals surface area contributed by atoms with E-state index in [2.05, 4.69) is 26.0 Å². The predicted molar refractivity (Wildman–Crippen MR) is 112 cm³/mol. The number of benzene rings is 1. The summed E-state index contributed by atoms with van der Waals surface area (Å²) >= 11 is 0. The molecule has 3 aromatic heterocycles. The van der Waals surface area contributed by atoms with Gasteiger partial charge in [0.1, 0.15) is 11.5 Å². The molecule has 0 bridgehead atoms. The van der Waals surface area contributed by atoms with Crippen molar-refractivity contribution in [3.63, 3.8) is 0 Å². The van der Waals surface area contributed by atoms with Crippen molar-refractivity contribution in [3.8, 4) is 40.3 Å². The van der Waals surface area contributed by atoms with Crippen LogP contribution in [-0.2, 0) is 6.54 Å². The summed E-state index contributed by atoms with van der Waals surface area (Å²) in [5.74, 6) is 1.55. The van der Waals surface area contributed by atoms with E-state index in [1.165, 1.54) is 0 Å². The second-order valence-corrected chi connectivity index (χ2v) is 6.59. The maximum Gasteiger partial charge on any atom is 0.162 e. The lowest BCUT2D eigenvalue weighted by molar-refractivity contribution is 0.483. The van der Waals surface area contributed by atoms with Crippen LogP contribution in [0.25, 0.3) is 22.8 Å². The van der Waals surface area contributed by atoms with Crippen molar-refractivity contribution in [1.82, 2.24) is 19.9 Å². The first-order valence-corrected chi connectivity index (χ1v) is 9.30. The molecular weight excluding hydrogens is 376 g/mol. The van der Waals surface area contributed by atoms with Crippen molar-refractivity contribution in [3.05, 3.63) is 83.9 Å². The van der Waals surface area contributed by atoms with Gasteiger partial charge in [0.2, 0.25) is 0 Å². The molecule has 3 heterocycles. The Kier molecular flexibility index (Phi) is 5.42. The lowest BCUT2D eigenvalue weighted by Gasteiger charge is -2.12. The molecule has 0 aliphatic carbocycles. The van der Waals surface area contributed by atoms with Gasteiger partial charge in [-0.25, -0.2) is 9.97 Å². The molecule has 0 amide bonds. The molecule has 146 valence electrons. The van der Waals surface area contributed by atoms with E-state index in [1.54, 1.807) is 36.8 Å². The van der Waals surface area contributed by atoms with E-state index in [9.17, 15) is 5.26 Å². The largest absolute Gasteiger partial charge is 0.456 e. The quantitative estimate of drug-likeness (QED) is 0.544. The fourth-order valence-electron chi connectivity index (χ4n) is 2.93. The van der Waals surface area contributed by atoms with Gasteiger partial charge in [-0.3, -0.25) is 9.97 Å². The number of ether oxygens (including phenoxy) is 1. The van der Waals surface area contributed by atoms with Gasteiger partial charge < -0.3 is 10.5 Å². The van der Waals surface area contributed by atoms with Gasteiger partial charge >= 0.3 is 0 Å². The van der Waals surface area contributed by atoms with Crippen molar-refractivity contribution in [2.75, 3.05) is 0 Å². The van der Waals surface area contributed by atoms with E-state index in [-0.39, 0.29) is 0 Å². The topological polar surface area (TPSA) is 111 Å². The highest BCUT2D eigenvalue weighted by atomic mass is 16.5. The van der Waals surface area contributed by atoms with Crippen molar-refractivity contribution in [2.45, 2.75) is 13.5 Å². The van der Waals surface area contributed by atoms with Crippen LogP contribution >= 0.6 is 0 Å². The SMILES string of the molecule is Cc1cc(Oc2cc(C#N)ccc2-c2ncc(CN)cn2)cc(-c2ccccn2)n1. The summed E-state index contributed by atoms with van der Waals surface area (Å²) in [5, 5.41) is 9.33. The molecule has 0 atom stereocenters. The molecule has 30 heavy (non-hydrogen) atoms. The zero-order valence-corrected chi connectivity index (χ0v) is 16.3. The smallest absolute Gasteiger partial charge is 0.162 e. The minimum Gasteiger partial charge on any atom is -0.456 e. The number of pyridine rings is 2. The fraction of sp³-hybridized carbons (Fsp3) is 0.0870. The van der Waals surface area contributed by atoms with E-state index in [4.69, 9.17) is 10.5 Å². The maximum absolute atomic E-state index is 9.33. The molecule has 0 radical (unpaired) electrons. The first-order valence-electron chi connectivity index (χ1n) is 9.30. The van der Waals surface area contributed by atoms with Gasteiger partial charge in [0.25, 0.3) is 0 Å². The van der Waals surface area contributed by atoms with Crippen LogP contribution in [0.4, 0.5) is 0 Å². The monoisotopic (exact) mass is 394 g/mol. The molecule has 0 fully saturated rings. The number of hydrogen-bond donors (Lipinski definition) is 1. The normalized spacial score (nSPS) is 10.4. The van der Waals surface area contributed by atoms with Crippen LogP contribution in [0.1, 0.15) is 16.8 Å². The molecule has 0 saturated heterocycles. The predicted octanol–water partition coefficient (Wildman–Crippen LogP) is 4.03. The lowest BCUT2D eigenvalue weighted by Crippen LogP contribution is -2.00. The molecule has 0 aliphatic heterocycles. The van der Waals surface area contributed by atoms with Crippen LogP contribution in [0.15, 0.2) is 67.1 Å². The molecular formula is C23H18N6O. The standard InChI is InChI=1S/C23H18N6O/c1-15-8-18(10-21(29-15)20-4-2-3-7-26-20)30-22-9-16(11-24)5-6-19(22)23-27-13-17(12-25)14-28-23/h2-10,13-14H,12,25H2,1H3. The van der Waals surface area contributed by atoms with Crippen LogP contribution < -0.4 is 10.5 Å². The highest BCUT2D eigenvalue weighted by Crippen LogP contribution is 2.33. The number of nitriles is 1. The van der Waals surface area contributed by atoms with Gasteiger partial charge in [-0.05, 0) is 37.3 Å². The fourth-order valence-corrected chi connectivity index (χ4v) is 2.93. The summed E-state index contributed by atoms with van der Waals surface area (Å²) in [5.41, 5.74) is 9.85. The Balaban J connectivity index is 1.75. The minimum absolute atomic E-state index is 0.365. The summed E-state index contributed by atoms with van der Waals surface area (Å²) in [6.07, 6.45) is 5.08. The van der Waals surface area contributed by atoms with Gasteiger partial charge in [0.15, 0.2) is 5.82 Å². The number of aromatic nitrogens is 4. The van der Waals surface area contributed by atoms with Crippen LogP contribution in [0, 0.1) is 18.3 Å². The molecule has 2 N–H and O–H groups in total. The molecule has 0 aliphatic rings. The molecule has 0 unspecified atom stereocenters. The van der Waals surface area contributed by atoms with E-state index in [0.29, 0.717) is 40.7 Å². The van der Waals surface area contributed by atoms with Crippen LogP contribution in [-0.4, -0.2) is 19.9 Å². The second-order valence-electron chi connectivity index (χ2n) is 6.59. The average Bonchev–Trinajstić information content (AvgIpc) is 2.79. The van der Waals surface area contributed by atoms with Crippen LogP contribution in [0.2, 0.25) is 0 Å². The zero-order valence-electron chi connectivity index (χ0n) is 16.3. The Hall–Kier alpha value is -4.15. The van der Waals surface area contributed by atoms with Crippen molar-refractivity contribution in [2.24, 2.45) is 5.73 Å². The highest BCUT2D eigenvalue weighted by Gasteiger charge is 2.13. The first kappa shape index (κ1) is 19.2. The van der Waals surface area contributed by atoms with Gasteiger partial charge in [-0.1, -0.05) is 6.07 Å². The average molecular weight is 394 g/mol. The number of hydrogen-bond acceptors (Lipinski definition) is 7. The second kappa shape index (κ2) is 8.47. The summed E-state index contributed by atoms with van der Waals surface area (Å²) in [4.78, 5) is 17.7. The Bertz CT molecular complexity index is 1220. The molecule has 1 aromatic carbocycles. The maximum atomic E-state index is 9.33. The zero-order chi connectivity index (χ0) is 20.9. The Labute approximate surface area is 173 Å². The number of nitrogens with two attached hydrogens (primary N) is 1. The third-order valence-corrected chi connectivity index (χ3v) is 4.37. The molecule has 7 nitrogen and oxygen atoms in total. The summed E-state index contributed by atoms with van der Waals surface area (Å²) in [6, 6.07) is 16.6. The molecule has 7 heteroatoms. The number of aryl methyl sites for hydroxylation is 1. The summed E-state index contributed by atoms with van der Waals surface area (Å²) in [7, 11) is 0. The molecule has 4 rings (SSSR count). The molecule has 4 aromatic rings. The third-order valence-electron chi connectivity index (χ3n) is 4.37. The third kappa shape index (κ3) is 4.14. The Morgan fingerprint density at radius 1 is 1.00 bits per heavy atom. The first-order chi connectivity index (χ1) is 14.7. The van der Waals surface area contributed by atoms with Gasteiger partial charge in [0, 0.05) is 48.5 Å². The van der Waals surface area contributed by atoms with Gasteiger partial charge in [0.05, 0.1) is 28.6 Å². The Morgan fingerprint density at radius 3 is 2.53 bits per heavy atom. The van der Waals surface area contributed by atoms with Crippen molar-refractivity contribution in [1.29, 1.82) is 5.26 Å². The highest BCUT2D eigenvalue weighted by molar-refractivity contribution is 5.67. The molecule has 0 saturated carbocycles. The summed E-state index contributed by atoms with van der Waals surface area (Å²) < 4.78 is 6.18. The Morgan fingerprint density at radius 2 is 1.83 bits per heavy atom. The van der Waals surface area contributed by atoms with Crippen LogP contribution in [0.5, 0.6) is 11.5 Å².